The molecular weight excluding hydrogens is 274 g/mol. The molecule has 0 unspecified atom stereocenters. The molecule has 2 rings (SSSR count). The molecule has 0 aromatic carbocycles. The molecule has 6 heteroatoms. The summed E-state index contributed by atoms with van der Waals surface area (Å²) in [6, 6.07) is 2.11. The summed E-state index contributed by atoms with van der Waals surface area (Å²) < 4.78 is 5.01. The van der Waals surface area contributed by atoms with E-state index in [1.807, 2.05) is 18.7 Å². The molecule has 0 aliphatic carbocycles. The van der Waals surface area contributed by atoms with Gasteiger partial charge in [0.15, 0.2) is 0 Å². The molecule has 0 aliphatic rings. The third-order valence-corrected chi connectivity index (χ3v) is 4.20. The van der Waals surface area contributed by atoms with Crippen molar-refractivity contribution in [2.75, 3.05) is 24.6 Å². The average Bonchev–Trinajstić information content (AvgIpc) is 2.88. The van der Waals surface area contributed by atoms with Crippen molar-refractivity contribution in [3.8, 4) is 0 Å². The van der Waals surface area contributed by atoms with Gasteiger partial charge < -0.3 is 9.64 Å². The normalized spacial score (nSPS) is 10.8. The molecule has 20 heavy (non-hydrogen) atoms. The Hall–Kier alpha value is -1.69. The van der Waals surface area contributed by atoms with E-state index in [0.717, 1.165) is 22.5 Å². The van der Waals surface area contributed by atoms with Crippen LogP contribution in [0.2, 0.25) is 0 Å². The lowest BCUT2D eigenvalue weighted by molar-refractivity contribution is -0.141. The van der Waals surface area contributed by atoms with Gasteiger partial charge in [-0.3, -0.25) is 4.79 Å². The third kappa shape index (κ3) is 3.07. The predicted molar refractivity (Wildman–Crippen MR) is 81.3 cm³/mol. The first kappa shape index (κ1) is 14.7. The average molecular weight is 293 g/mol. The Kier molecular flexibility index (Phi) is 4.89. The molecule has 108 valence electrons. The van der Waals surface area contributed by atoms with E-state index < -0.39 is 0 Å². The quantitative estimate of drug-likeness (QED) is 0.766. The number of anilines is 1. The number of carbonyl (C=O) groups is 1. The molecule has 0 saturated carbocycles. The van der Waals surface area contributed by atoms with E-state index in [1.165, 1.54) is 4.88 Å². The van der Waals surface area contributed by atoms with E-state index in [9.17, 15) is 4.79 Å². The highest BCUT2D eigenvalue weighted by atomic mass is 32.1. The van der Waals surface area contributed by atoms with Crippen molar-refractivity contribution in [2.24, 2.45) is 0 Å². The summed E-state index contributed by atoms with van der Waals surface area (Å²) in [6.07, 6.45) is 2.53. The molecule has 5 nitrogen and oxygen atoms in total. The lowest BCUT2D eigenvalue weighted by Crippen LogP contribution is -2.31. The van der Waals surface area contributed by atoms with Crippen LogP contribution in [0.5, 0.6) is 0 Å². The molecule has 0 N–H and O–H groups in total. The van der Waals surface area contributed by atoms with Crippen molar-refractivity contribution in [2.45, 2.75) is 27.2 Å². The number of fused-ring (bicyclic) bond motifs is 1. The van der Waals surface area contributed by atoms with Gasteiger partial charge in [0.05, 0.1) is 12.0 Å². The Morgan fingerprint density at radius 3 is 2.80 bits per heavy atom. The first-order valence-corrected chi connectivity index (χ1v) is 7.65. The van der Waals surface area contributed by atoms with Crippen molar-refractivity contribution >= 4 is 33.3 Å². The number of thiophene rings is 1. The Morgan fingerprint density at radius 1 is 1.35 bits per heavy atom. The van der Waals surface area contributed by atoms with E-state index in [2.05, 4.69) is 23.0 Å². The van der Waals surface area contributed by atoms with Gasteiger partial charge in [0.2, 0.25) is 0 Å². The predicted octanol–water partition coefficient (Wildman–Crippen LogP) is 2.64. The van der Waals surface area contributed by atoms with E-state index in [-0.39, 0.29) is 12.5 Å². The molecule has 0 saturated heterocycles. The van der Waals surface area contributed by atoms with Gasteiger partial charge in [-0.15, -0.1) is 11.3 Å². The molecule has 0 bridgehead atoms. The molecule has 0 radical (unpaired) electrons. The van der Waals surface area contributed by atoms with E-state index in [0.29, 0.717) is 13.2 Å². The number of ether oxygens (including phenoxy) is 1. The topological polar surface area (TPSA) is 55.3 Å². The highest BCUT2D eigenvalue weighted by molar-refractivity contribution is 7.18. The minimum atomic E-state index is -0.230. The first-order chi connectivity index (χ1) is 9.69. The van der Waals surface area contributed by atoms with Gasteiger partial charge in [0.25, 0.3) is 0 Å². The molecule has 0 spiro atoms. The number of hydrogen-bond acceptors (Lipinski definition) is 6. The standard InChI is InChI=1S/C14H19N3O2S/c1-4-10-7-11-13(15-9-16-14(11)20-10)17(5-2)8-12(18)19-6-3/h7,9H,4-6,8H2,1-3H3. The van der Waals surface area contributed by atoms with Crippen LogP contribution in [-0.2, 0) is 16.0 Å². The molecule has 0 amide bonds. The summed E-state index contributed by atoms with van der Waals surface area (Å²) in [5.41, 5.74) is 0. The fraction of sp³-hybridized carbons (Fsp3) is 0.500. The summed E-state index contributed by atoms with van der Waals surface area (Å²) in [7, 11) is 0. The van der Waals surface area contributed by atoms with Crippen molar-refractivity contribution in [3.05, 3.63) is 17.3 Å². The van der Waals surface area contributed by atoms with Gasteiger partial charge in [-0.25, -0.2) is 9.97 Å². The molecular formula is C14H19N3O2S. The molecule has 2 heterocycles. The van der Waals surface area contributed by atoms with E-state index in [1.54, 1.807) is 17.7 Å². The van der Waals surface area contributed by atoms with Crippen LogP contribution in [0.4, 0.5) is 5.82 Å². The van der Waals surface area contributed by atoms with Crippen LogP contribution < -0.4 is 4.90 Å². The summed E-state index contributed by atoms with van der Waals surface area (Å²) in [5.74, 6) is 0.577. The van der Waals surface area contributed by atoms with Gasteiger partial charge in [-0.1, -0.05) is 6.92 Å². The number of hydrogen-bond donors (Lipinski definition) is 0. The SMILES string of the molecule is CCOC(=O)CN(CC)c1ncnc2sc(CC)cc12. The zero-order chi connectivity index (χ0) is 14.5. The highest BCUT2D eigenvalue weighted by Gasteiger charge is 2.16. The van der Waals surface area contributed by atoms with Crippen molar-refractivity contribution in [1.29, 1.82) is 0 Å². The summed E-state index contributed by atoms with van der Waals surface area (Å²) in [4.78, 5) is 24.5. The monoisotopic (exact) mass is 293 g/mol. The number of nitrogens with zero attached hydrogens (tertiary/aromatic N) is 3. The van der Waals surface area contributed by atoms with Gasteiger partial charge >= 0.3 is 5.97 Å². The highest BCUT2D eigenvalue weighted by Crippen LogP contribution is 2.30. The fourth-order valence-corrected chi connectivity index (χ4v) is 2.95. The number of esters is 1. The summed E-state index contributed by atoms with van der Waals surface area (Å²) in [6.45, 7) is 7.24. The second kappa shape index (κ2) is 6.65. The van der Waals surface area contributed by atoms with Crippen LogP contribution in [0.3, 0.4) is 0 Å². The number of aryl methyl sites for hydroxylation is 1. The smallest absolute Gasteiger partial charge is 0.325 e. The maximum absolute atomic E-state index is 11.7. The zero-order valence-electron chi connectivity index (χ0n) is 12.0. The largest absolute Gasteiger partial charge is 0.465 e. The van der Waals surface area contributed by atoms with Crippen LogP contribution in [0, 0.1) is 0 Å². The second-order valence-electron chi connectivity index (χ2n) is 4.30. The molecule has 0 atom stereocenters. The maximum atomic E-state index is 11.7. The van der Waals surface area contributed by atoms with E-state index in [4.69, 9.17) is 4.74 Å². The first-order valence-electron chi connectivity index (χ1n) is 6.83. The Bertz CT molecular complexity index is 597. The number of likely N-dealkylation sites (N-methyl/N-ethyl adjacent to an activating group) is 1. The molecule has 2 aromatic heterocycles. The van der Waals surface area contributed by atoms with Crippen LogP contribution in [0.25, 0.3) is 10.2 Å². The molecule has 2 aromatic rings. The van der Waals surface area contributed by atoms with E-state index >= 15 is 0 Å². The van der Waals surface area contributed by atoms with Crippen LogP contribution >= 0.6 is 11.3 Å². The third-order valence-electron chi connectivity index (χ3n) is 3.01. The van der Waals surface area contributed by atoms with Crippen LogP contribution in [0.15, 0.2) is 12.4 Å². The number of carbonyl (C=O) groups excluding carboxylic acids is 1. The fourth-order valence-electron chi connectivity index (χ4n) is 2.02. The molecule has 0 aliphatic heterocycles. The Morgan fingerprint density at radius 2 is 2.15 bits per heavy atom. The van der Waals surface area contributed by atoms with Gasteiger partial charge in [0.1, 0.15) is 23.5 Å². The van der Waals surface area contributed by atoms with Crippen LogP contribution in [-0.4, -0.2) is 35.6 Å². The minimum Gasteiger partial charge on any atom is -0.465 e. The maximum Gasteiger partial charge on any atom is 0.325 e. The Balaban J connectivity index is 2.33. The number of aromatic nitrogens is 2. The minimum absolute atomic E-state index is 0.216. The summed E-state index contributed by atoms with van der Waals surface area (Å²) in [5, 5.41) is 1.01. The number of rotatable bonds is 6. The van der Waals surface area contributed by atoms with Crippen LogP contribution in [0.1, 0.15) is 25.6 Å². The van der Waals surface area contributed by atoms with Gasteiger partial charge in [-0.2, -0.15) is 0 Å². The zero-order valence-corrected chi connectivity index (χ0v) is 12.9. The van der Waals surface area contributed by atoms with Gasteiger partial charge in [-0.05, 0) is 26.3 Å². The van der Waals surface area contributed by atoms with Crippen molar-refractivity contribution < 1.29 is 9.53 Å². The summed E-state index contributed by atoms with van der Waals surface area (Å²) >= 11 is 1.67. The van der Waals surface area contributed by atoms with Crippen molar-refractivity contribution in [3.63, 3.8) is 0 Å². The molecule has 0 fully saturated rings. The van der Waals surface area contributed by atoms with Crippen molar-refractivity contribution in [1.82, 2.24) is 9.97 Å². The van der Waals surface area contributed by atoms with Gasteiger partial charge in [0, 0.05) is 11.4 Å². The lowest BCUT2D eigenvalue weighted by atomic mass is 10.3. The lowest BCUT2D eigenvalue weighted by Gasteiger charge is -2.21. The second-order valence-corrected chi connectivity index (χ2v) is 5.42. The Labute approximate surface area is 122 Å².